The van der Waals surface area contributed by atoms with Crippen molar-refractivity contribution in [1.29, 1.82) is 0 Å². The average molecular weight is 303 g/mol. The summed E-state index contributed by atoms with van der Waals surface area (Å²) in [7, 11) is -3.69. The average Bonchev–Trinajstić information content (AvgIpc) is 2.65. The summed E-state index contributed by atoms with van der Waals surface area (Å²) in [5, 5.41) is 12.1. The van der Waals surface area contributed by atoms with Gasteiger partial charge in [-0.1, -0.05) is 6.92 Å². The minimum absolute atomic E-state index is 0.0263. The molecule has 0 unspecified atom stereocenters. The van der Waals surface area contributed by atoms with Crippen LogP contribution in [0, 0.1) is 13.8 Å². The molecule has 0 bridgehead atoms. The first kappa shape index (κ1) is 16.7. The highest BCUT2D eigenvalue weighted by atomic mass is 32.2. The van der Waals surface area contributed by atoms with E-state index in [-0.39, 0.29) is 16.2 Å². The molecule has 0 amide bonds. The summed E-state index contributed by atoms with van der Waals surface area (Å²) >= 11 is 0. The highest BCUT2D eigenvalue weighted by molar-refractivity contribution is 7.89. The summed E-state index contributed by atoms with van der Waals surface area (Å²) in [6.45, 7) is 6.88. The lowest BCUT2D eigenvalue weighted by molar-refractivity contribution is 0.0690. The molecule has 0 radical (unpaired) electrons. The van der Waals surface area contributed by atoms with Crippen molar-refractivity contribution in [3.63, 3.8) is 0 Å². The summed E-state index contributed by atoms with van der Waals surface area (Å²) in [4.78, 5) is 13.6. The van der Waals surface area contributed by atoms with Crippen molar-refractivity contribution < 1.29 is 18.3 Å². The quantitative estimate of drug-likeness (QED) is 0.526. The molecular formula is C12H21N3O4S. The van der Waals surface area contributed by atoms with Crippen molar-refractivity contribution in [2.24, 2.45) is 0 Å². The molecule has 0 saturated carbocycles. The first-order valence-electron chi connectivity index (χ1n) is 6.44. The number of aromatic nitrogens is 1. The van der Waals surface area contributed by atoms with Gasteiger partial charge in [0.2, 0.25) is 10.0 Å². The number of carbonyl (C=O) groups is 1. The molecule has 0 spiro atoms. The van der Waals surface area contributed by atoms with Crippen LogP contribution in [0.3, 0.4) is 0 Å². The van der Waals surface area contributed by atoms with E-state index in [1.807, 2.05) is 6.92 Å². The number of H-pyrrole nitrogens is 1. The first-order valence-corrected chi connectivity index (χ1v) is 7.92. The van der Waals surface area contributed by atoms with E-state index in [4.69, 9.17) is 5.11 Å². The lowest BCUT2D eigenvalue weighted by Gasteiger charge is -2.07. The van der Waals surface area contributed by atoms with E-state index in [9.17, 15) is 13.2 Å². The van der Waals surface area contributed by atoms with E-state index in [1.54, 1.807) is 6.92 Å². The molecule has 20 heavy (non-hydrogen) atoms. The van der Waals surface area contributed by atoms with Crippen LogP contribution in [0.1, 0.15) is 35.1 Å². The Morgan fingerprint density at radius 1 is 1.30 bits per heavy atom. The number of aromatic carboxylic acids is 1. The Balaban J connectivity index is 2.85. The van der Waals surface area contributed by atoms with Gasteiger partial charge in [0.1, 0.15) is 10.6 Å². The summed E-state index contributed by atoms with van der Waals surface area (Å²) in [5.41, 5.74) is 0.476. The highest BCUT2D eigenvalue weighted by Crippen LogP contribution is 2.22. The van der Waals surface area contributed by atoms with Crippen LogP contribution in [0.4, 0.5) is 0 Å². The smallest absolute Gasteiger partial charge is 0.352 e. The van der Waals surface area contributed by atoms with Crippen molar-refractivity contribution in [2.45, 2.75) is 32.1 Å². The van der Waals surface area contributed by atoms with E-state index >= 15 is 0 Å². The molecule has 0 aliphatic heterocycles. The van der Waals surface area contributed by atoms with Crippen molar-refractivity contribution in [3.8, 4) is 0 Å². The maximum Gasteiger partial charge on any atom is 0.352 e. The molecule has 1 aromatic heterocycles. The number of rotatable bonds is 8. The number of hydrogen-bond acceptors (Lipinski definition) is 4. The van der Waals surface area contributed by atoms with E-state index in [0.29, 0.717) is 18.7 Å². The fraction of sp³-hybridized carbons (Fsp3) is 0.583. The van der Waals surface area contributed by atoms with E-state index in [0.717, 1.165) is 13.1 Å². The van der Waals surface area contributed by atoms with Crippen molar-refractivity contribution in [1.82, 2.24) is 15.0 Å². The Morgan fingerprint density at radius 3 is 2.45 bits per heavy atom. The molecule has 0 fully saturated rings. The van der Waals surface area contributed by atoms with Gasteiger partial charge in [0, 0.05) is 17.8 Å². The molecule has 1 rings (SSSR count). The second kappa shape index (κ2) is 6.87. The lowest BCUT2D eigenvalue weighted by Crippen LogP contribution is -2.28. The summed E-state index contributed by atoms with van der Waals surface area (Å²) in [5.74, 6) is -1.17. The maximum atomic E-state index is 12.2. The first-order chi connectivity index (χ1) is 9.31. The highest BCUT2D eigenvalue weighted by Gasteiger charge is 2.25. The van der Waals surface area contributed by atoms with E-state index < -0.39 is 16.0 Å². The fourth-order valence-electron chi connectivity index (χ4n) is 2.02. The van der Waals surface area contributed by atoms with Crippen LogP contribution < -0.4 is 10.0 Å². The van der Waals surface area contributed by atoms with Crippen LogP contribution in [0.25, 0.3) is 0 Å². The Labute approximate surface area is 118 Å². The van der Waals surface area contributed by atoms with Gasteiger partial charge < -0.3 is 15.4 Å². The zero-order valence-electron chi connectivity index (χ0n) is 11.9. The molecule has 7 nitrogen and oxygen atoms in total. The lowest BCUT2D eigenvalue weighted by atomic mass is 10.2. The maximum absolute atomic E-state index is 12.2. The minimum atomic E-state index is -3.69. The summed E-state index contributed by atoms with van der Waals surface area (Å²) in [6.07, 6.45) is 0.668. The molecular weight excluding hydrogens is 282 g/mol. The van der Waals surface area contributed by atoms with Crippen molar-refractivity contribution >= 4 is 16.0 Å². The monoisotopic (exact) mass is 303 g/mol. The largest absolute Gasteiger partial charge is 0.477 e. The predicted molar refractivity (Wildman–Crippen MR) is 75.6 cm³/mol. The Morgan fingerprint density at radius 2 is 1.95 bits per heavy atom. The standard InChI is InChI=1S/C12H21N3O4S/c1-4-13-6-5-7-14-20(18,19)11-8(2)10(12(16)17)15-9(11)3/h13-15H,4-7H2,1-3H3,(H,16,17). The SMILES string of the molecule is CCNCCCNS(=O)(=O)c1c(C)[nH]c(C(=O)O)c1C. The van der Waals surface area contributed by atoms with Gasteiger partial charge in [-0.3, -0.25) is 0 Å². The third kappa shape index (κ3) is 3.81. The molecule has 0 aliphatic rings. The molecule has 0 saturated heterocycles. The molecule has 114 valence electrons. The fourth-order valence-corrected chi connectivity index (χ4v) is 3.54. The van der Waals surface area contributed by atoms with Gasteiger partial charge in [-0.15, -0.1) is 0 Å². The number of aromatic amines is 1. The number of sulfonamides is 1. The van der Waals surface area contributed by atoms with Crippen LogP contribution in [0.15, 0.2) is 4.90 Å². The molecule has 0 aromatic carbocycles. The molecule has 0 aliphatic carbocycles. The number of carboxylic acids is 1. The van der Waals surface area contributed by atoms with Gasteiger partial charge in [-0.25, -0.2) is 17.9 Å². The van der Waals surface area contributed by atoms with Gasteiger partial charge in [0.05, 0.1) is 0 Å². The second-order valence-electron chi connectivity index (χ2n) is 4.49. The third-order valence-electron chi connectivity index (χ3n) is 2.92. The molecule has 0 atom stereocenters. The topological polar surface area (TPSA) is 111 Å². The van der Waals surface area contributed by atoms with Gasteiger partial charge in [-0.2, -0.15) is 0 Å². The van der Waals surface area contributed by atoms with E-state index in [2.05, 4.69) is 15.0 Å². The van der Waals surface area contributed by atoms with Crippen LogP contribution in [0.2, 0.25) is 0 Å². The summed E-state index contributed by atoms with van der Waals surface area (Å²) in [6, 6.07) is 0. The van der Waals surface area contributed by atoms with Gasteiger partial charge in [-0.05, 0) is 33.4 Å². The zero-order valence-corrected chi connectivity index (χ0v) is 12.7. The normalized spacial score (nSPS) is 11.8. The Kier molecular flexibility index (Phi) is 5.73. The van der Waals surface area contributed by atoms with Crippen molar-refractivity contribution in [3.05, 3.63) is 17.0 Å². The predicted octanol–water partition coefficient (Wildman–Crippen LogP) is 0.608. The number of hydrogen-bond donors (Lipinski definition) is 4. The van der Waals surface area contributed by atoms with E-state index in [1.165, 1.54) is 6.92 Å². The Hall–Kier alpha value is -1.38. The molecule has 1 heterocycles. The third-order valence-corrected chi connectivity index (χ3v) is 4.66. The minimum Gasteiger partial charge on any atom is -0.477 e. The van der Waals surface area contributed by atoms with Crippen LogP contribution in [0.5, 0.6) is 0 Å². The van der Waals surface area contributed by atoms with Gasteiger partial charge in [0.25, 0.3) is 0 Å². The second-order valence-corrected chi connectivity index (χ2v) is 6.19. The number of nitrogens with one attached hydrogen (secondary N) is 3. The Bertz CT molecular complexity index is 578. The molecule has 8 heteroatoms. The number of carboxylic acid groups (broad SMARTS) is 1. The summed E-state index contributed by atoms with van der Waals surface area (Å²) < 4.78 is 26.9. The number of aryl methyl sites for hydroxylation is 1. The van der Waals surface area contributed by atoms with Gasteiger partial charge >= 0.3 is 5.97 Å². The zero-order chi connectivity index (χ0) is 15.3. The molecule has 1 aromatic rings. The van der Waals surface area contributed by atoms with Gasteiger partial charge in [0.15, 0.2) is 0 Å². The van der Waals surface area contributed by atoms with Crippen LogP contribution in [-0.4, -0.2) is 44.1 Å². The van der Waals surface area contributed by atoms with Crippen molar-refractivity contribution in [2.75, 3.05) is 19.6 Å². The van der Waals surface area contributed by atoms with Crippen LogP contribution >= 0.6 is 0 Å². The van der Waals surface area contributed by atoms with Crippen LogP contribution in [-0.2, 0) is 10.0 Å². The molecule has 4 N–H and O–H groups in total.